The van der Waals surface area contributed by atoms with Crippen LogP contribution < -0.4 is 22.5 Å². The highest BCUT2D eigenvalue weighted by Crippen LogP contribution is 2.31. The number of aliphatic hydroxyl groups is 1. The van der Waals surface area contributed by atoms with Crippen molar-refractivity contribution in [1.29, 1.82) is 0 Å². The highest BCUT2D eigenvalue weighted by molar-refractivity contribution is 6.17. The zero-order valence-corrected chi connectivity index (χ0v) is 24.2. The van der Waals surface area contributed by atoms with E-state index in [1.807, 2.05) is 30.3 Å². The Labute approximate surface area is 235 Å². The van der Waals surface area contributed by atoms with E-state index in [4.69, 9.17) is 17.2 Å². The SMILES string of the molecule is CC(N)C(=O)NC(C)C(=O)C(C(=O)O)(C(C)C)N(C(=O)CCC(O)C(N)Cc1ccccc1)C(=O)C(N)C(C)C. The summed E-state index contributed by atoms with van der Waals surface area (Å²) in [4.78, 5) is 66.6. The average molecular weight is 564 g/mol. The molecule has 0 aliphatic carbocycles. The Bertz CT molecular complexity index is 1050. The number of Topliss-reactive ketones (excluding diaryl/α,β-unsaturated/α-hetero) is 1. The minimum absolute atomic E-state index is 0.202. The van der Waals surface area contributed by atoms with E-state index < -0.39 is 83.5 Å². The van der Waals surface area contributed by atoms with Gasteiger partial charge in [-0.2, -0.15) is 0 Å². The fourth-order valence-electron chi connectivity index (χ4n) is 4.39. The second-order valence-corrected chi connectivity index (χ2v) is 10.9. The zero-order valence-electron chi connectivity index (χ0n) is 24.2. The third-order valence-corrected chi connectivity index (χ3v) is 6.99. The van der Waals surface area contributed by atoms with Crippen LogP contribution in [-0.2, 0) is 30.4 Å². The zero-order chi connectivity index (χ0) is 30.9. The van der Waals surface area contributed by atoms with Crippen LogP contribution in [0.5, 0.6) is 0 Å². The molecule has 224 valence electrons. The number of nitrogens with zero attached hydrogens (tertiary/aromatic N) is 1. The van der Waals surface area contributed by atoms with Gasteiger partial charge in [-0.05, 0) is 44.1 Å². The van der Waals surface area contributed by atoms with E-state index in [-0.39, 0.29) is 6.42 Å². The van der Waals surface area contributed by atoms with E-state index in [0.717, 1.165) is 5.56 Å². The number of imide groups is 1. The molecule has 0 aromatic heterocycles. The van der Waals surface area contributed by atoms with Gasteiger partial charge in [0.05, 0.1) is 24.2 Å². The molecule has 0 aliphatic rings. The summed E-state index contributed by atoms with van der Waals surface area (Å²) in [7, 11) is 0. The Morgan fingerprint density at radius 3 is 1.95 bits per heavy atom. The smallest absolute Gasteiger partial charge is 0.338 e. The van der Waals surface area contributed by atoms with Crippen molar-refractivity contribution in [3.05, 3.63) is 35.9 Å². The second-order valence-electron chi connectivity index (χ2n) is 10.9. The highest BCUT2D eigenvalue weighted by atomic mass is 16.4. The summed E-state index contributed by atoms with van der Waals surface area (Å²) in [5, 5.41) is 23.5. The molecule has 0 saturated carbocycles. The summed E-state index contributed by atoms with van der Waals surface area (Å²) < 4.78 is 0. The topological polar surface area (TPSA) is 219 Å². The number of aliphatic hydroxyl groups excluding tert-OH is 1. The molecule has 1 aromatic rings. The van der Waals surface area contributed by atoms with Gasteiger partial charge in [0.2, 0.25) is 23.3 Å². The number of rotatable bonds is 15. The Kier molecular flexibility index (Phi) is 13.1. The van der Waals surface area contributed by atoms with Crippen molar-refractivity contribution in [3.8, 4) is 0 Å². The Morgan fingerprint density at radius 1 is 0.950 bits per heavy atom. The molecular formula is C28H45N5O7. The molecule has 1 aromatic carbocycles. The number of amides is 3. The van der Waals surface area contributed by atoms with Gasteiger partial charge in [-0.3, -0.25) is 24.1 Å². The summed E-state index contributed by atoms with van der Waals surface area (Å²) in [6.45, 7) is 8.63. The van der Waals surface area contributed by atoms with E-state index >= 15 is 0 Å². The number of nitrogens with two attached hydrogens (primary N) is 3. The maximum absolute atomic E-state index is 13.8. The second kappa shape index (κ2) is 15.0. The van der Waals surface area contributed by atoms with Gasteiger partial charge in [0.15, 0.2) is 5.78 Å². The van der Waals surface area contributed by atoms with Gasteiger partial charge in [0.1, 0.15) is 0 Å². The largest absolute Gasteiger partial charge is 0.479 e. The van der Waals surface area contributed by atoms with E-state index in [0.29, 0.717) is 11.3 Å². The first-order valence-electron chi connectivity index (χ1n) is 13.4. The molecule has 0 radical (unpaired) electrons. The molecule has 9 N–H and O–H groups in total. The first-order chi connectivity index (χ1) is 18.5. The molecular weight excluding hydrogens is 518 g/mol. The van der Waals surface area contributed by atoms with Crippen molar-refractivity contribution in [1.82, 2.24) is 10.2 Å². The van der Waals surface area contributed by atoms with E-state index in [1.54, 1.807) is 13.8 Å². The molecule has 0 spiro atoms. The van der Waals surface area contributed by atoms with Crippen LogP contribution in [0.25, 0.3) is 0 Å². The van der Waals surface area contributed by atoms with E-state index in [9.17, 15) is 34.2 Å². The molecule has 0 heterocycles. The number of benzene rings is 1. The molecule has 6 unspecified atom stereocenters. The highest BCUT2D eigenvalue weighted by Gasteiger charge is 2.59. The first-order valence-corrected chi connectivity index (χ1v) is 13.4. The lowest BCUT2D eigenvalue weighted by molar-refractivity contribution is -0.176. The van der Waals surface area contributed by atoms with Crippen LogP contribution in [0.15, 0.2) is 30.3 Å². The van der Waals surface area contributed by atoms with Gasteiger partial charge in [0.25, 0.3) is 0 Å². The van der Waals surface area contributed by atoms with Crippen molar-refractivity contribution in [3.63, 3.8) is 0 Å². The van der Waals surface area contributed by atoms with Gasteiger partial charge in [-0.25, -0.2) is 4.79 Å². The number of carboxylic acids is 1. The minimum Gasteiger partial charge on any atom is -0.479 e. The maximum atomic E-state index is 13.8. The molecule has 0 bridgehead atoms. The molecule has 6 atom stereocenters. The summed E-state index contributed by atoms with van der Waals surface area (Å²) in [5.74, 6) is -7.26. The quantitative estimate of drug-likeness (QED) is 0.156. The van der Waals surface area contributed by atoms with Gasteiger partial charge >= 0.3 is 5.97 Å². The first kappa shape index (κ1) is 34.8. The predicted octanol–water partition coefficient (Wildman–Crippen LogP) is -0.0636. The van der Waals surface area contributed by atoms with Crippen molar-refractivity contribution in [2.75, 3.05) is 0 Å². The fourth-order valence-corrected chi connectivity index (χ4v) is 4.39. The summed E-state index contributed by atoms with van der Waals surface area (Å²) >= 11 is 0. The number of aliphatic carboxylic acids is 1. The molecule has 12 nitrogen and oxygen atoms in total. The lowest BCUT2D eigenvalue weighted by atomic mass is 9.77. The Balaban J connectivity index is 3.47. The molecule has 0 aliphatic heterocycles. The average Bonchev–Trinajstić information content (AvgIpc) is 2.88. The fraction of sp³-hybridized carbons (Fsp3) is 0.607. The van der Waals surface area contributed by atoms with Gasteiger partial charge in [-0.1, -0.05) is 58.0 Å². The maximum Gasteiger partial charge on any atom is 0.338 e. The van der Waals surface area contributed by atoms with Crippen LogP contribution in [0, 0.1) is 11.8 Å². The van der Waals surface area contributed by atoms with Crippen LogP contribution in [0.2, 0.25) is 0 Å². The molecule has 12 heteroatoms. The van der Waals surface area contributed by atoms with Crippen molar-refractivity contribution in [2.45, 2.75) is 96.6 Å². The summed E-state index contributed by atoms with van der Waals surface area (Å²) in [6.07, 6.45) is -1.54. The number of nitrogens with one attached hydrogen (secondary N) is 1. The Morgan fingerprint density at radius 2 is 1.50 bits per heavy atom. The number of carbonyl (C=O) groups excluding carboxylic acids is 4. The van der Waals surface area contributed by atoms with Gasteiger partial charge in [0, 0.05) is 12.5 Å². The van der Waals surface area contributed by atoms with Crippen LogP contribution in [0.4, 0.5) is 0 Å². The molecule has 0 saturated heterocycles. The van der Waals surface area contributed by atoms with Crippen LogP contribution in [0.1, 0.15) is 59.9 Å². The summed E-state index contributed by atoms with van der Waals surface area (Å²) in [5.41, 5.74) is 16.0. The molecule has 3 amide bonds. The Hall–Kier alpha value is -3.19. The predicted molar refractivity (Wildman–Crippen MR) is 149 cm³/mol. The minimum atomic E-state index is -2.71. The van der Waals surface area contributed by atoms with E-state index in [1.165, 1.54) is 27.7 Å². The summed E-state index contributed by atoms with van der Waals surface area (Å²) in [6, 6.07) is 4.69. The van der Waals surface area contributed by atoms with Gasteiger partial charge < -0.3 is 32.7 Å². The molecule has 1 rings (SSSR count). The molecule has 0 fully saturated rings. The monoisotopic (exact) mass is 563 g/mol. The lowest BCUT2D eigenvalue weighted by Gasteiger charge is -2.43. The van der Waals surface area contributed by atoms with Gasteiger partial charge in [-0.15, -0.1) is 0 Å². The number of ketones is 1. The van der Waals surface area contributed by atoms with Crippen LogP contribution in [-0.4, -0.2) is 80.4 Å². The third-order valence-electron chi connectivity index (χ3n) is 6.99. The standard InChI is InChI=1S/C28H45N5O7/c1-15(2)23(31)26(38)33(22(35)13-12-21(34)20(30)14-19-10-8-7-9-11-19)28(16(3)4,27(39)40)24(36)18(6)32-25(37)17(5)29/h7-11,15-18,20-21,23,34H,12-14,29-31H2,1-6H3,(H,32,37)(H,39,40). The third kappa shape index (κ3) is 8.17. The molecule has 40 heavy (non-hydrogen) atoms. The normalized spacial score (nSPS) is 16.8. The number of hydrogen-bond donors (Lipinski definition) is 6. The number of carboxylic acid groups (broad SMARTS) is 1. The van der Waals surface area contributed by atoms with Crippen molar-refractivity contribution >= 4 is 29.5 Å². The van der Waals surface area contributed by atoms with Crippen LogP contribution >= 0.6 is 0 Å². The lowest BCUT2D eigenvalue weighted by Crippen LogP contribution is -2.72. The van der Waals surface area contributed by atoms with Crippen molar-refractivity contribution in [2.24, 2.45) is 29.0 Å². The van der Waals surface area contributed by atoms with Crippen molar-refractivity contribution < 1.29 is 34.2 Å². The van der Waals surface area contributed by atoms with Crippen LogP contribution in [0.3, 0.4) is 0 Å². The van der Waals surface area contributed by atoms with E-state index in [2.05, 4.69) is 5.32 Å². The number of hydrogen-bond acceptors (Lipinski definition) is 9. The number of carbonyl (C=O) groups is 5.